The molecular weight excluding hydrogens is 260 g/mol. The van der Waals surface area contributed by atoms with Crippen LogP contribution in [0.4, 0.5) is 0 Å². The van der Waals surface area contributed by atoms with E-state index in [-0.39, 0.29) is 0 Å². The lowest BCUT2D eigenvalue weighted by molar-refractivity contribution is 0.463. The lowest BCUT2D eigenvalue weighted by atomic mass is 9.92. The highest BCUT2D eigenvalue weighted by atomic mass is 79.9. The highest BCUT2D eigenvalue weighted by Gasteiger charge is 2.18. The molecule has 88 valence electrons. The van der Waals surface area contributed by atoms with Crippen molar-refractivity contribution in [1.29, 1.82) is 0 Å². The van der Waals surface area contributed by atoms with Crippen molar-refractivity contribution in [1.82, 2.24) is 0 Å². The molecule has 2 unspecified atom stereocenters. The van der Waals surface area contributed by atoms with Crippen LogP contribution < -0.4 is 0 Å². The third kappa shape index (κ3) is 3.62. The molecule has 1 aromatic carbocycles. The van der Waals surface area contributed by atoms with Gasteiger partial charge in [-0.2, -0.15) is 0 Å². The molecule has 16 heavy (non-hydrogen) atoms. The van der Waals surface area contributed by atoms with Gasteiger partial charge in [-0.15, -0.1) is 0 Å². The van der Waals surface area contributed by atoms with Gasteiger partial charge in [0.05, 0.1) is 0 Å². The highest BCUT2D eigenvalue weighted by molar-refractivity contribution is 9.09. The molecular formula is C15H21Br. The number of hydrogen-bond acceptors (Lipinski definition) is 0. The number of halogens is 1. The zero-order chi connectivity index (χ0) is 11.4. The lowest BCUT2D eigenvalue weighted by Crippen LogP contribution is -2.08. The van der Waals surface area contributed by atoms with Gasteiger partial charge in [0.25, 0.3) is 0 Å². The van der Waals surface area contributed by atoms with Crippen LogP contribution in [0.1, 0.15) is 43.2 Å². The molecule has 0 saturated heterocycles. The van der Waals surface area contributed by atoms with E-state index in [1.54, 1.807) is 0 Å². The first-order valence-corrected chi connectivity index (χ1v) is 7.35. The molecule has 0 aromatic heterocycles. The quantitative estimate of drug-likeness (QED) is 0.535. The number of benzene rings is 1. The van der Waals surface area contributed by atoms with Gasteiger partial charge in [0.1, 0.15) is 0 Å². The smallest absolute Gasteiger partial charge is 0.0148 e. The molecule has 1 heteroatoms. The second kappa shape index (κ2) is 5.86. The third-order valence-electron chi connectivity index (χ3n) is 3.61. The summed E-state index contributed by atoms with van der Waals surface area (Å²) in [6.45, 7) is 2.16. The zero-order valence-electron chi connectivity index (χ0n) is 10.1. The standard InChI is InChI=1S/C15H21Br/c1-12-6-8-13(9-7-12)10-14-4-2-3-5-15(16)11-14/h6-9,14-15H,2-5,10-11H2,1H3. The van der Waals surface area contributed by atoms with Crippen molar-refractivity contribution >= 4 is 15.9 Å². The summed E-state index contributed by atoms with van der Waals surface area (Å²) in [4.78, 5) is 0.755. The molecule has 0 N–H and O–H groups in total. The van der Waals surface area contributed by atoms with Gasteiger partial charge < -0.3 is 0 Å². The van der Waals surface area contributed by atoms with Gasteiger partial charge in [-0.25, -0.2) is 0 Å². The SMILES string of the molecule is Cc1ccc(CC2CCCCC(Br)C2)cc1. The predicted octanol–water partition coefficient (Wildman–Crippen LogP) is 4.88. The van der Waals surface area contributed by atoms with Gasteiger partial charge >= 0.3 is 0 Å². The van der Waals surface area contributed by atoms with Crippen LogP contribution in [0, 0.1) is 12.8 Å². The van der Waals surface area contributed by atoms with Crippen LogP contribution in [-0.2, 0) is 6.42 Å². The van der Waals surface area contributed by atoms with Crippen LogP contribution in [0.25, 0.3) is 0 Å². The summed E-state index contributed by atoms with van der Waals surface area (Å²) >= 11 is 3.80. The zero-order valence-corrected chi connectivity index (χ0v) is 11.7. The first kappa shape index (κ1) is 12.2. The van der Waals surface area contributed by atoms with Crippen molar-refractivity contribution in [2.45, 2.75) is 50.3 Å². The van der Waals surface area contributed by atoms with Gasteiger partial charge in [-0.3, -0.25) is 0 Å². The summed E-state index contributed by atoms with van der Waals surface area (Å²) in [5, 5.41) is 0. The molecule has 0 bridgehead atoms. The first-order valence-electron chi connectivity index (χ1n) is 6.43. The average molecular weight is 281 g/mol. The lowest BCUT2D eigenvalue weighted by Gasteiger charge is -2.16. The van der Waals surface area contributed by atoms with E-state index < -0.39 is 0 Å². The molecule has 1 aliphatic rings. The molecule has 2 rings (SSSR count). The van der Waals surface area contributed by atoms with E-state index in [2.05, 4.69) is 47.1 Å². The molecule has 1 aromatic rings. The molecule has 1 saturated carbocycles. The average Bonchev–Trinajstić information content (AvgIpc) is 2.46. The Labute approximate surface area is 108 Å². The number of alkyl halides is 1. The van der Waals surface area contributed by atoms with Crippen LogP contribution in [0.3, 0.4) is 0 Å². The van der Waals surface area contributed by atoms with Gasteiger partial charge in [0.15, 0.2) is 0 Å². The van der Waals surface area contributed by atoms with E-state index in [0.29, 0.717) is 0 Å². The van der Waals surface area contributed by atoms with Crippen molar-refractivity contribution in [2.75, 3.05) is 0 Å². The number of rotatable bonds is 2. The molecule has 1 fully saturated rings. The Morgan fingerprint density at radius 1 is 1.12 bits per heavy atom. The maximum Gasteiger partial charge on any atom is 0.0148 e. The van der Waals surface area contributed by atoms with Crippen LogP contribution in [0.2, 0.25) is 0 Å². The van der Waals surface area contributed by atoms with Crippen molar-refractivity contribution < 1.29 is 0 Å². The van der Waals surface area contributed by atoms with Crippen molar-refractivity contribution in [2.24, 2.45) is 5.92 Å². The van der Waals surface area contributed by atoms with Gasteiger partial charge in [-0.1, -0.05) is 65.0 Å². The van der Waals surface area contributed by atoms with Crippen molar-refractivity contribution in [3.8, 4) is 0 Å². The minimum Gasteiger partial charge on any atom is -0.0891 e. The van der Waals surface area contributed by atoms with Gasteiger partial charge in [0, 0.05) is 4.83 Å². The Kier molecular flexibility index (Phi) is 4.45. The minimum atomic E-state index is 0.755. The van der Waals surface area contributed by atoms with Crippen molar-refractivity contribution in [3.63, 3.8) is 0 Å². The Bertz CT molecular complexity index is 315. The van der Waals surface area contributed by atoms with E-state index in [9.17, 15) is 0 Å². The molecule has 0 nitrogen and oxygen atoms in total. The van der Waals surface area contributed by atoms with E-state index >= 15 is 0 Å². The number of aryl methyl sites for hydroxylation is 1. The summed E-state index contributed by atoms with van der Waals surface area (Å²) in [6.07, 6.45) is 8.22. The fourth-order valence-electron chi connectivity index (χ4n) is 2.64. The summed E-state index contributed by atoms with van der Waals surface area (Å²) in [6, 6.07) is 9.06. The highest BCUT2D eigenvalue weighted by Crippen LogP contribution is 2.30. The summed E-state index contributed by atoms with van der Waals surface area (Å²) in [5.74, 6) is 0.884. The molecule has 0 aliphatic heterocycles. The molecule has 0 radical (unpaired) electrons. The maximum atomic E-state index is 3.80. The van der Waals surface area contributed by atoms with Crippen LogP contribution >= 0.6 is 15.9 Å². The predicted molar refractivity (Wildman–Crippen MR) is 74.2 cm³/mol. The summed E-state index contributed by atoms with van der Waals surface area (Å²) in [5.41, 5.74) is 2.88. The van der Waals surface area contributed by atoms with E-state index in [1.165, 1.54) is 49.7 Å². The molecule has 0 amide bonds. The minimum absolute atomic E-state index is 0.755. The molecule has 1 aliphatic carbocycles. The second-order valence-corrected chi connectivity index (χ2v) is 6.47. The Morgan fingerprint density at radius 3 is 2.56 bits per heavy atom. The molecule has 0 spiro atoms. The fourth-order valence-corrected chi connectivity index (χ4v) is 3.49. The molecule has 2 atom stereocenters. The first-order chi connectivity index (χ1) is 7.74. The number of hydrogen-bond donors (Lipinski definition) is 0. The summed E-state index contributed by atoms with van der Waals surface area (Å²) in [7, 11) is 0. The topological polar surface area (TPSA) is 0 Å². The van der Waals surface area contributed by atoms with E-state index in [4.69, 9.17) is 0 Å². The summed E-state index contributed by atoms with van der Waals surface area (Å²) < 4.78 is 0. The third-order valence-corrected chi connectivity index (χ3v) is 4.45. The van der Waals surface area contributed by atoms with Crippen molar-refractivity contribution in [3.05, 3.63) is 35.4 Å². The van der Waals surface area contributed by atoms with Crippen LogP contribution in [0.15, 0.2) is 24.3 Å². The maximum absolute atomic E-state index is 3.80. The fraction of sp³-hybridized carbons (Fsp3) is 0.600. The largest absolute Gasteiger partial charge is 0.0891 e. The Hall–Kier alpha value is -0.300. The Balaban J connectivity index is 1.95. The van der Waals surface area contributed by atoms with E-state index in [1.807, 2.05) is 0 Å². The normalized spacial score (nSPS) is 26.4. The molecule has 0 heterocycles. The second-order valence-electron chi connectivity index (χ2n) is 5.17. The van der Waals surface area contributed by atoms with Gasteiger partial charge in [-0.05, 0) is 37.7 Å². The van der Waals surface area contributed by atoms with Gasteiger partial charge in [0.2, 0.25) is 0 Å². The monoisotopic (exact) mass is 280 g/mol. The van der Waals surface area contributed by atoms with Crippen LogP contribution in [-0.4, -0.2) is 4.83 Å². The Morgan fingerprint density at radius 2 is 1.81 bits per heavy atom. The van der Waals surface area contributed by atoms with Crippen LogP contribution in [0.5, 0.6) is 0 Å². The van der Waals surface area contributed by atoms with E-state index in [0.717, 1.165) is 10.7 Å².